The van der Waals surface area contributed by atoms with Gasteiger partial charge in [0.15, 0.2) is 0 Å². The van der Waals surface area contributed by atoms with Crippen LogP contribution in [-0.4, -0.2) is 29.3 Å². The summed E-state index contributed by atoms with van der Waals surface area (Å²) in [6.45, 7) is 7.59. The number of hydrazine groups is 1. The quantitative estimate of drug-likeness (QED) is 0.723. The molecule has 0 unspecified atom stereocenters. The first-order chi connectivity index (χ1) is 7.26. The minimum atomic E-state index is -0.695. The molecule has 0 saturated heterocycles. The highest BCUT2D eigenvalue weighted by Gasteiger charge is 2.19. The fourth-order valence-corrected chi connectivity index (χ4v) is 0.949. The molecule has 0 radical (unpaired) electrons. The first kappa shape index (κ1) is 14.5. The molecule has 0 atom stereocenters. The molecule has 6 nitrogen and oxygen atoms in total. The van der Waals surface area contributed by atoms with Gasteiger partial charge < -0.3 is 10.5 Å². The van der Waals surface area contributed by atoms with E-state index in [0.717, 1.165) is 17.9 Å². The molecule has 0 spiro atoms. The standard InChI is InChI=1S/C10H21N3O3/c1-5-6-7-13(8(11)14)12-9(15)16-10(2,3)4/h5-7H2,1-4H3,(H2,11,14)(H,12,15). The second kappa shape index (κ2) is 6.19. The zero-order valence-electron chi connectivity index (χ0n) is 10.4. The molecule has 0 aliphatic heterocycles. The van der Waals surface area contributed by atoms with Crippen molar-refractivity contribution in [1.29, 1.82) is 0 Å². The molecule has 0 aromatic heterocycles. The highest BCUT2D eigenvalue weighted by atomic mass is 16.6. The van der Waals surface area contributed by atoms with Crippen LogP contribution in [0, 0.1) is 0 Å². The summed E-state index contributed by atoms with van der Waals surface area (Å²) in [6, 6.07) is -0.695. The molecule has 3 amide bonds. The number of primary amides is 1. The fourth-order valence-electron chi connectivity index (χ4n) is 0.949. The fraction of sp³-hybridized carbons (Fsp3) is 0.800. The lowest BCUT2D eigenvalue weighted by molar-refractivity contribution is 0.0382. The largest absolute Gasteiger partial charge is 0.443 e. The number of nitrogens with one attached hydrogen (secondary N) is 1. The van der Waals surface area contributed by atoms with Gasteiger partial charge in [-0.1, -0.05) is 13.3 Å². The van der Waals surface area contributed by atoms with Gasteiger partial charge in [-0.2, -0.15) is 0 Å². The number of ether oxygens (including phenoxy) is 1. The topological polar surface area (TPSA) is 84.7 Å². The third-order valence-corrected chi connectivity index (χ3v) is 1.63. The van der Waals surface area contributed by atoms with Crippen LogP contribution in [-0.2, 0) is 4.74 Å². The summed E-state index contributed by atoms with van der Waals surface area (Å²) in [7, 11) is 0. The van der Waals surface area contributed by atoms with Crippen LogP contribution in [0.3, 0.4) is 0 Å². The van der Waals surface area contributed by atoms with Crippen molar-refractivity contribution < 1.29 is 14.3 Å². The zero-order valence-corrected chi connectivity index (χ0v) is 10.4. The van der Waals surface area contributed by atoms with Gasteiger partial charge >= 0.3 is 12.1 Å². The number of carbonyl (C=O) groups is 2. The van der Waals surface area contributed by atoms with Crippen LogP contribution in [0.15, 0.2) is 0 Å². The first-order valence-electron chi connectivity index (χ1n) is 5.33. The normalized spacial score (nSPS) is 10.8. The van der Waals surface area contributed by atoms with Crippen molar-refractivity contribution in [1.82, 2.24) is 10.4 Å². The van der Waals surface area contributed by atoms with Gasteiger partial charge in [-0.05, 0) is 27.2 Å². The number of hydrogen-bond donors (Lipinski definition) is 2. The third-order valence-electron chi connectivity index (χ3n) is 1.63. The molecule has 0 heterocycles. The van der Waals surface area contributed by atoms with E-state index in [9.17, 15) is 9.59 Å². The predicted octanol–water partition coefficient (Wildman–Crippen LogP) is 1.61. The van der Waals surface area contributed by atoms with Crippen molar-refractivity contribution in [2.75, 3.05) is 6.54 Å². The van der Waals surface area contributed by atoms with E-state index in [0.29, 0.717) is 6.54 Å². The Hall–Kier alpha value is -1.46. The summed E-state index contributed by atoms with van der Waals surface area (Å²) in [5.74, 6) is 0. The van der Waals surface area contributed by atoms with E-state index >= 15 is 0 Å². The molecule has 3 N–H and O–H groups in total. The average molecular weight is 231 g/mol. The Morgan fingerprint density at radius 2 is 1.94 bits per heavy atom. The van der Waals surface area contributed by atoms with Crippen LogP contribution in [0.25, 0.3) is 0 Å². The molecule has 0 fully saturated rings. The number of urea groups is 1. The Bertz CT molecular complexity index is 248. The maximum absolute atomic E-state index is 11.4. The molecule has 0 rings (SSSR count). The van der Waals surface area contributed by atoms with Gasteiger partial charge in [-0.15, -0.1) is 0 Å². The van der Waals surface area contributed by atoms with Gasteiger partial charge in [0.25, 0.3) is 0 Å². The van der Waals surface area contributed by atoms with Gasteiger partial charge in [-0.3, -0.25) is 0 Å². The number of rotatable bonds is 3. The third kappa shape index (κ3) is 6.92. The lowest BCUT2D eigenvalue weighted by atomic mass is 10.2. The van der Waals surface area contributed by atoms with Crippen molar-refractivity contribution in [3.05, 3.63) is 0 Å². The van der Waals surface area contributed by atoms with Gasteiger partial charge in [0.2, 0.25) is 0 Å². The Morgan fingerprint density at radius 1 is 1.38 bits per heavy atom. The molecule has 0 saturated carbocycles. The molecule has 16 heavy (non-hydrogen) atoms. The van der Waals surface area contributed by atoms with Gasteiger partial charge in [-0.25, -0.2) is 20.0 Å². The van der Waals surface area contributed by atoms with Crippen LogP contribution in [0.4, 0.5) is 9.59 Å². The first-order valence-corrected chi connectivity index (χ1v) is 5.33. The number of amides is 3. The van der Waals surface area contributed by atoms with Crippen molar-refractivity contribution in [2.24, 2.45) is 5.73 Å². The van der Waals surface area contributed by atoms with E-state index in [2.05, 4.69) is 5.43 Å². The summed E-state index contributed by atoms with van der Waals surface area (Å²) in [4.78, 5) is 22.3. The van der Waals surface area contributed by atoms with Crippen molar-refractivity contribution >= 4 is 12.1 Å². The van der Waals surface area contributed by atoms with Crippen LogP contribution >= 0.6 is 0 Å². The van der Waals surface area contributed by atoms with Crippen LogP contribution in [0.5, 0.6) is 0 Å². The van der Waals surface area contributed by atoms with Gasteiger partial charge in [0.05, 0.1) is 0 Å². The smallest absolute Gasteiger partial charge is 0.426 e. The van der Waals surface area contributed by atoms with E-state index in [1.54, 1.807) is 20.8 Å². The summed E-state index contributed by atoms with van der Waals surface area (Å²) >= 11 is 0. The van der Waals surface area contributed by atoms with E-state index < -0.39 is 17.7 Å². The second-order valence-corrected chi connectivity index (χ2v) is 4.46. The van der Waals surface area contributed by atoms with E-state index in [1.807, 2.05) is 6.92 Å². The SMILES string of the molecule is CCCCN(NC(=O)OC(C)(C)C)C(N)=O. The molecule has 0 aromatic carbocycles. The van der Waals surface area contributed by atoms with Crippen LogP contribution < -0.4 is 11.2 Å². The maximum Gasteiger partial charge on any atom is 0.426 e. The number of hydrogen-bond acceptors (Lipinski definition) is 3. The lowest BCUT2D eigenvalue weighted by Gasteiger charge is -2.24. The summed E-state index contributed by atoms with van der Waals surface area (Å²) in [5.41, 5.74) is 6.81. The van der Waals surface area contributed by atoms with E-state index in [1.165, 1.54) is 0 Å². The van der Waals surface area contributed by atoms with Crippen molar-refractivity contribution in [3.63, 3.8) is 0 Å². The molecule has 0 aliphatic carbocycles. The molecular weight excluding hydrogens is 210 g/mol. The minimum Gasteiger partial charge on any atom is -0.443 e. The molecular formula is C10H21N3O3. The lowest BCUT2D eigenvalue weighted by Crippen LogP contribution is -2.50. The molecule has 6 heteroatoms. The molecule has 0 bridgehead atoms. The van der Waals surface area contributed by atoms with E-state index in [4.69, 9.17) is 10.5 Å². The Kier molecular flexibility index (Phi) is 5.63. The number of carbonyl (C=O) groups excluding carboxylic acids is 2. The Morgan fingerprint density at radius 3 is 2.31 bits per heavy atom. The van der Waals surface area contributed by atoms with Gasteiger partial charge in [0.1, 0.15) is 5.60 Å². The van der Waals surface area contributed by atoms with Crippen molar-refractivity contribution in [3.8, 4) is 0 Å². The minimum absolute atomic E-state index is 0.380. The van der Waals surface area contributed by atoms with E-state index in [-0.39, 0.29) is 0 Å². The summed E-state index contributed by atoms with van der Waals surface area (Å²) in [5, 5.41) is 1.05. The number of nitrogens with two attached hydrogens (primary N) is 1. The molecule has 0 aliphatic rings. The zero-order chi connectivity index (χ0) is 12.8. The number of unbranched alkanes of at least 4 members (excludes halogenated alkanes) is 1. The Labute approximate surface area is 96.1 Å². The summed E-state index contributed by atoms with van der Waals surface area (Å²) < 4.78 is 5.00. The number of nitrogens with zero attached hydrogens (tertiary/aromatic N) is 1. The molecule has 0 aromatic rings. The predicted molar refractivity (Wildman–Crippen MR) is 60.6 cm³/mol. The second-order valence-electron chi connectivity index (χ2n) is 4.46. The molecule has 94 valence electrons. The monoisotopic (exact) mass is 231 g/mol. The Balaban J connectivity index is 4.19. The van der Waals surface area contributed by atoms with Crippen LogP contribution in [0.1, 0.15) is 40.5 Å². The maximum atomic E-state index is 11.4. The average Bonchev–Trinajstić information content (AvgIpc) is 2.08. The van der Waals surface area contributed by atoms with Gasteiger partial charge in [0, 0.05) is 6.54 Å². The summed E-state index contributed by atoms with van der Waals surface area (Å²) in [6.07, 6.45) is 0.987. The van der Waals surface area contributed by atoms with Crippen molar-refractivity contribution in [2.45, 2.75) is 46.1 Å². The van der Waals surface area contributed by atoms with Crippen LogP contribution in [0.2, 0.25) is 0 Å². The highest BCUT2D eigenvalue weighted by Crippen LogP contribution is 2.06. The highest BCUT2D eigenvalue weighted by molar-refractivity contribution is 5.76.